The van der Waals surface area contributed by atoms with Gasteiger partial charge in [-0.3, -0.25) is 0 Å². The van der Waals surface area contributed by atoms with Gasteiger partial charge in [0, 0.05) is 19.0 Å². The fourth-order valence-corrected chi connectivity index (χ4v) is 2.21. The molecule has 0 aromatic heterocycles. The van der Waals surface area contributed by atoms with Crippen molar-refractivity contribution in [1.82, 2.24) is 5.32 Å². The molecule has 5 heteroatoms. The number of quaternary nitrogens is 1. The van der Waals surface area contributed by atoms with Crippen LogP contribution in [0.3, 0.4) is 0 Å². The molecule has 1 heterocycles. The second-order valence-corrected chi connectivity index (χ2v) is 5.23. The van der Waals surface area contributed by atoms with Crippen molar-refractivity contribution in [3.8, 4) is 5.75 Å². The molecule has 0 aliphatic carbocycles. The summed E-state index contributed by atoms with van der Waals surface area (Å²) in [5, 5.41) is 24.8. The van der Waals surface area contributed by atoms with E-state index in [4.69, 9.17) is 4.74 Å². The lowest BCUT2D eigenvalue weighted by Crippen LogP contribution is -3.00. The van der Waals surface area contributed by atoms with Gasteiger partial charge in [-0.15, -0.1) is 0 Å². The van der Waals surface area contributed by atoms with Crippen LogP contribution in [0.1, 0.15) is 19.4 Å². The zero-order chi connectivity index (χ0) is 13.8. The molecule has 2 rings (SSSR count). The van der Waals surface area contributed by atoms with E-state index < -0.39 is 6.10 Å². The van der Waals surface area contributed by atoms with Gasteiger partial charge >= 0.3 is 0 Å². The number of ether oxygens (including phenoxy) is 1. The van der Waals surface area contributed by atoms with Crippen molar-refractivity contribution in [1.29, 1.82) is 0 Å². The molecule has 0 radical (unpaired) electrons. The molecule has 3 N–H and O–H groups in total. The first kappa shape index (κ1) is 14.3. The monoisotopic (exact) mass is 266 g/mol. The highest BCUT2D eigenvalue weighted by atomic mass is 16.5. The molecular formula is C14H22N2O3. The minimum atomic E-state index is -0.546. The minimum Gasteiger partial charge on any atom is -0.629 e. The fraction of sp³-hybridized carbons (Fsp3) is 0.571. The van der Waals surface area contributed by atoms with Gasteiger partial charge in [0.15, 0.2) is 0 Å². The highest BCUT2D eigenvalue weighted by Gasteiger charge is 2.22. The van der Waals surface area contributed by atoms with Crippen LogP contribution < -0.4 is 15.1 Å². The predicted octanol–water partition coefficient (Wildman–Crippen LogP) is -0.00540. The van der Waals surface area contributed by atoms with Gasteiger partial charge in [-0.05, 0) is 12.1 Å². The van der Waals surface area contributed by atoms with Crippen molar-refractivity contribution >= 4 is 5.69 Å². The Morgan fingerprint density at radius 3 is 3.00 bits per heavy atom. The zero-order valence-electron chi connectivity index (χ0n) is 11.5. The average molecular weight is 266 g/mol. The van der Waals surface area contributed by atoms with E-state index in [9.17, 15) is 10.3 Å². The van der Waals surface area contributed by atoms with Crippen LogP contribution in [0, 0.1) is 5.21 Å². The molecule has 0 saturated heterocycles. The maximum Gasteiger partial charge on any atom is 0.138 e. The molecule has 2 unspecified atom stereocenters. The average Bonchev–Trinajstić information content (AvgIpc) is 2.76. The lowest BCUT2D eigenvalue weighted by molar-refractivity contribution is -0.768. The van der Waals surface area contributed by atoms with Crippen molar-refractivity contribution in [2.24, 2.45) is 0 Å². The van der Waals surface area contributed by atoms with Crippen LogP contribution >= 0.6 is 0 Å². The van der Waals surface area contributed by atoms with E-state index in [1.54, 1.807) is 0 Å². The Bertz CT molecular complexity index is 423. The van der Waals surface area contributed by atoms with Crippen LogP contribution in [-0.4, -0.2) is 36.9 Å². The summed E-state index contributed by atoms with van der Waals surface area (Å²) in [5.74, 6) is 0.729. The summed E-state index contributed by atoms with van der Waals surface area (Å²) in [6.07, 6.45) is 0.195. The predicted molar refractivity (Wildman–Crippen MR) is 73.6 cm³/mol. The molecule has 0 saturated carbocycles. The van der Waals surface area contributed by atoms with E-state index in [0.717, 1.165) is 23.4 Å². The number of hydrogen-bond donors (Lipinski definition) is 3. The van der Waals surface area contributed by atoms with Crippen molar-refractivity contribution in [3.63, 3.8) is 0 Å². The lowest BCUT2D eigenvalue weighted by Gasteiger charge is -2.17. The van der Waals surface area contributed by atoms with Crippen LogP contribution in [-0.2, 0) is 6.42 Å². The van der Waals surface area contributed by atoms with Gasteiger partial charge in [0.05, 0.1) is 12.1 Å². The van der Waals surface area contributed by atoms with Gasteiger partial charge in [0.2, 0.25) is 0 Å². The molecule has 2 atom stereocenters. The number of hydrogen-bond acceptors (Lipinski definition) is 4. The van der Waals surface area contributed by atoms with Gasteiger partial charge in [-0.25, -0.2) is 0 Å². The molecular weight excluding hydrogens is 244 g/mol. The Labute approximate surface area is 113 Å². The van der Waals surface area contributed by atoms with Crippen LogP contribution in [0.5, 0.6) is 5.75 Å². The highest BCUT2D eigenvalue weighted by Crippen LogP contribution is 2.27. The minimum absolute atomic E-state index is 0.183. The van der Waals surface area contributed by atoms with E-state index in [1.807, 2.05) is 32.0 Å². The Hall–Kier alpha value is -1.14. The molecule has 1 aliphatic heterocycles. The number of nitrogens with one attached hydrogen (secondary N) is 2. The van der Waals surface area contributed by atoms with Crippen molar-refractivity contribution in [2.75, 3.05) is 19.7 Å². The maximum absolute atomic E-state index is 11.6. The molecule has 0 fully saturated rings. The summed E-state index contributed by atoms with van der Waals surface area (Å²) >= 11 is 0. The fourth-order valence-electron chi connectivity index (χ4n) is 2.21. The summed E-state index contributed by atoms with van der Waals surface area (Å²) in [7, 11) is 0. The van der Waals surface area contributed by atoms with Crippen molar-refractivity contribution in [3.05, 3.63) is 29.0 Å². The normalized spacial score (nSPS) is 19.5. The topological polar surface area (TPSA) is 69.0 Å². The number of fused-ring (bicyclic) bond motifs is 1. The lowest BCUT2D eigenvalue weighted by atomic mass is 10.1. The SMILES string of the molecule is CC(C)NCC(O)COc1cccc2c1CC[NH+]2[O-]. The van der Waals surface area contributed by atoms with E-state index in [2.05, 4.69) is 5.32 Å². The quantitative estimate of drug-likeness (QED) is 0.634. The van der Waals surface area contributed by atoms with Crippen molar-refractivity contribution < 1.29 is 14.9 Å². The van der Waals surface area contributed by atoms with E-state index in [-0.39, 0.29) is 11.7 Å². The number of aliphatic hydroxyl groups excluding tert-OH is 1. The summed E-state index contributed by atoms with van der Waals surface area (Å²) in [4.78, 5) is 0. The molecule has 106 valence electrons. The second-order valence-electron chi connectivity index (χ2n) is 5.23. The number of rotatable bonds is 6. The molecule has 19 heavy (non-hydrogen) atoms. The van der Waals surface area contributed by atoms with Crippen molar-refractivity contribution in [2.45, 2.75) is 32.4 Å². The largest absolute Gasteiger partial charge is 0.629 e. The Balaban J connectivity index is 1.90. The van der Waals surface area contributed by atoms with Gasteiger partial charge in [0.1, 0.15) is 24.1 Å². The standard InChI is InChI=1S/C14H22N2O3/c1-10(2)15-8-11(17)9-19-14-5-3-4-13-12(14)6-7-16(13)18/h3-5,10-11,15-17H,6-9H2,1-2H3. The number of aliphatic hydroxyl groups is 1. The molecule has 1 aromatic carbocycles. The van der Waals surface area contributed by atoms with E-state index in [1.165, 1.54) is 0 Å². The Morgan fingerprint density at radius 2 is 2.26 bits per heavy atom. The van der Waals surface area contributed by atoms with Gasteiger partial charge < -0.3 is 25.4 Å². The first-order valence-corrected chi connectivity index (χ1v) is 6.77. The third-order valence-electron chi connectivity index (χ3n) is 3.23. The second kappa shape index (κ2) is 6.34. The number of benzene rings is 1. The summed E-state index contributed by atoms with van der Waals surface area (Å²) in [6.45, 7) is 5.37. The van der Waals surface area contributed by atoms with E-state index >= 15 is 0 Å². The van der Waals surface area contributed by atoms with Gasteiger partial charge in [-0.1, -0.05) is 19.9 Å². The van der Waals surface area contributed by atoms with Crippen LogP contribution in [0.15, 0.2) is 18.2 Å². The highest BCUT2D eigenvalue weighted by molar-refractivity contribution is 5.51. The van der Waals surface area contributed by atoms with Gasteiger partial charge in [0.25, 0.3) is 0 Å². The first-order chi connectivity index (χ1) is 9.08. The zero-order valence-corrected chi connectivity index (χ0v) is 11.5. The number of hydroxylamine groups is 1. The third-order valence-corrected chi connectivity index (χ3v) is 3.23. The molecule has 0 bridgehead atoms. The molecule has 1 aromatic rings. The Morgan fingerprint density at radius 1 is 1.47 bits per heavy atom. The van der Waals surface area contributed by atoms with Gasteiger partial charge in [-0.2, -0.15) is 0 Å². The molecule has 1 aliphatic rings. The molecule has 0 spiro atoms. The smallest absolute Gasteiger partial charge is 0.138 e. The van der Waals surface area contributed by atoms with Crippen LogP contribution in [0.2, 0.25) is 0 Å². The molecule has 0 amide bonds. The Kier molecular flexibility index (Phi) is 4.76. The third kappa shape index (κ3) is 3.67. The first-order valence-electron chi connectivity index (χ1n) is 6.77. The maximum atomic E-state index is 11.6. The summed E-state index contributed by atoms with van der Waals surface area (Å²) in [5.41, 5.74) is 1.75. The summed E-state index contributed by atoms with van der Waals surface area (Å²) < 4.78 is 5.65. The van der Waals surface area contributed by atoms with Crippen LogP contribution in [0.4, 0.5) is 5.69 Å². The molecule has 5 nitrogen and oxygen atoms in total. The van der Waals surface area contributed by atoms with Crippen LogP contribution in [0.25, 0.3) is 0 Å². The summed E-state index contributed by atoms with van der Waals surface area (Å²) in [6, 6.07) is 5.87. The van der Waals surface area contributed by atoms with E-state index in [0.29, 0.717) is 19.1 Å².